The first-order valence-corrected chi connectivity index (χ1v) is 6.68. The van der Waals surface area contributed by atoms with E-state index in [2.05, 4.69) is 20.4 Å². The summed E-state index contributed by atoms with van der Waals surface area (Å²) in [6.07, 6.45) is 1.79. The topological polar surface area (TPSA) is 76.6 Å². The Morgan fingerprint density at radius 1 is 1.45 bits per heavy atom. The fraction of sp³-hybridized carbons (Fsp3) is 0.538. The Bertz CT molecular complexity index is 519. The van der Waals surface area contributed by atoms with E-state index in [9.17, 15) is 0 Å². The summed E-state index contributed by atoms with van der Waals surface area (Å²) >= 11 is 0. The van der Waals surface area contributed by atoms with Crippen molar-refractivity contribution in [2.24, 2.45) is 0 Å². The van der Waals surface area contributed by atoms with Gasteiger partial charge in [0.05, 0.1) is 25.5 Å². The van der Waals surface area contributed by atoms with Crippen LogP contribution in [0.25, 0.3) is 11.7 Å². The molecule has 1 saturated heterocycles. The van der Waals surface area contributed by atoms with E-state index in [-0.39, 0.29) is 6.10 Å². The van der Waals surface area contributed by atoms with E-state index < -0.39 is 0 Å². The average molecular weight is 278 g/mol. The van der Waals surface area contributed by atoms with Crippen LogP contribution in [0.2, 0.25) is 0 Å². The Kier molecular flexibility index (Phi) is 4.10. The fourth-order valence-corrected chi connectivity index (χ4v) is 2.20. The molecule has 1 unspecified atom stereocenters. The molecule has 0 aliphatic carbocycles. The maximum Gasteiger partial charge on any atom is 0.283 e. The van der Waals surface area contributed by atoms with Crippen LogP contribution in [0.15, 0.2) is 27.2 Å². The molecule has 7 nitrogen and oxygen atoms in total. The molecule has 1 N–H and O–H groups in total. The summed E-state index contributed by atoms with van der Waals surface area (Å²) in [5.41, 5.74) is 0. The number of hydrogen-bond donors (Lipinski definition) is 1. The van der Waals surface area contributed by atoms with Crippen molar-refractivity contribution < 1.29 is 13.6 Å². The van der Waals surface area contributed by atoms with Crippen LogP contribution in [0.3, 0.4) is 0 Å². The third-order valence-electron chi connectivity index (χ3n) is 3.12. The highest BCUT2D eigenvalue weighted by atomic mass is 16.5. The quantitative estimate of drug-likeness (QED) is 0.864. The predicted molar refractivity (Wildman–Crippen MR) is 70.9 cm³/mol. The second-order valence-electron chi connectivity index (χ2n) is 4.87. The molecular weight excluding hydrogens is 260 g/mol. The lowest BCUT2D eigenvalue weighted by atomic mass is 10.3. The van der Waals surface area contributed by atoms with E-state index in [0.717, 1.165) is 26.2 Å². The van der Waals surface area contributed by atoms with E-state index in [0.29, 0.717) is 24.1 Å². The van der Waals surface area contributed by atoms with Crippen LogP contribution in [0.1, 0.15) is 5.89 Å². The third-order valence-corrected chi connectivity index (χ3v) is 3.12. The van der Waals surface area contributed by atoms with Crippen LogP contribution in [0, 0.1) is 0 Å². The molecule has 3 rings (SSSR count). The minimum Gasteiger partial charge on any atom is -0.459 e. The Labute approximate surface area is 116 Å². The van der Waals surface area contributed by atoms with Crippen LogP contribution >= 0.6 is 0 Å². The van der Waals surface area contributed by atoms with Gasteiger partial charge in [-0.3, -0.25) is 4.90 Å². The molecule has 0 radical (unpaired) electrons. The van der Waals surface area contributed by atoms with E-state index >= 15 is 0 Å². The predicted octanol–water partition coefficient (Wildman–Crippen LogP) is 0.750. The standard InChI is InChI=1S/C13H18N4O3/c1-17(8-10-7-14-4-6-18-10)9-12-15-16-13(20-12)11-3-2-5-19-11/h2-3,5,10,14H,4,6-9H2,1H3. The normalized spacial score (nSPS) is 19.6. The van der Waals surface area contributed by atoms with Crippen LogP contribution < -0.4 is 5.32 Å². The van der Waals surface area contributed by atoms with Gasteiger partial charge in [-0.2, -0.15) is 0 Å². The van der Waals surface area contributed by atoms with Crippen molar-refractivity contribution in [2.45, 2.75) is 12.6 Å². The zero-order valence-corrected chi connectivity index (χ0v) is 11.4. The van der Waals surface area contributed by atoms with Gasteiger partial charge < -0.3 is 18.9 Å². The Morgan fingerprint density at radius 3 is 3.15 bits per heavy atom. The van der Waals surface area contributed by atoms with Gasteiger partial charge in [0, 0.05) is 19.6 Å². The Morgan fingerprint density at radius 2 is 2.40 bits per heavy atom. The largest absolute Gasteiger partial charge is 0.459 e. The molecule has 0 saturated carbocycles. The Balaban J connectivity index is 1.54. The second-order valence-corrected chi connectivity index (χ2v) is 4.87. The van der Waals surface area contributed by atoms with Crippen molar-refractivity contribution in [1.29, 1.82) is 0 Å². The first-order chi connectivity index (χ1) is 9.81. The van der Waals surface area contributed by atoms with Gasteiger partial charge in [-0.1, -0.05) is 0 Å². The van der Waals surface area contributed by atoms with Gasteiger partial charge in [0.2, 0.25) is 5.89 Å². The number of nitrogens with zero attached hydrogens (tertiary/aromatic N) is 3. The van der Waals surface area contributed by atoms with Gasteiger partial charge in [-0.05, 0) is 19.2 Å². The van der Waals surface area contributed by atoms with Gasteiger partial charge in [0.15, 0.2) is 5.76 Å². The number of furan rings is 1. The molecule has 1 aliphatic rings. The van der Waals surface area contributed by atoms with Crippen molar-refractivity contribution in [3.8, 4) is 11.7 Å². The van der Waals surface area contributed by atoms with E-state index in [1.54, 1.807) is 18.4 Å². The summed E-state index contributed by atoms with van der Waals surface area (Å²) in [6, 6.07) is 3.58. The lowest BCUT2D eigenvalue weighted by molar-refractivity contribution is 0.00774. The van der Waals surface area contributed by atoms with Crippen LogP contribution in [0.5, 0.6) is 0 Å². The SMILES string of the molecule is CN(Cc1nnc(-c2ccco2)o1)CC1CNCCO1. The van der Waals surface area contributed by atoms with Gasteiger partial charge in [-0.25, -0.2) is 0 Å². The lowest BCUT2D eigenvalue weighted by Crippen LogP contribution is -2.44. The first-order valence-electron chi connectivity index (χ1n) is 6.68. The third kappa shape index (κ3) is 3.24. The van der Waals surface area contributed by atoms with E-state index in [4.69, 9.17) is 13.6 Å². The minimum absolute atomic E-state index is 0.209. The van der Waals surface area contributed by atoms with Gasteiger partial charge in [0.1, 0.15) is 0 Å². The number of nitrogens with one attached hydrogen (secondary N) is 1. The molecule has 108 valence electrons. The monoisotopic (exact) mass is 278 g/mol. The molecule has 0 spiro atoms. The summed E-state index contributed by atoms with van der Waals surface area (Å²) < 4.78 is 16.5. The summed E-state index contributed by atoms with van der Waals surface area (Å²) in [4.78, 5) is 2.11. The highest BCUT2D eigenvalue weighted by Gasteiger charge is 2.17. The maximum atomic E-state index is 5.66. The summed E-state index contributed by atoms with van der Waals surface area (Å²) in [5.74, 6) is 1.57. The minimum atomic E-state index is 0.209. The highest BCUT2D eigenvalue weighted by molar-refractivity contribution is 5.42. The van der Waals surface area contributed by atoms with Crippen molar-refractivity contribution in [3.63, 3.8) is 0 Å². The molecule has 1 aliphatic heterocycles. The first kappa shape index (κ1) is 13.3. The van der Waals surface area contributed by atoms with Crippen LogP contribution in [-0.2, 0) is 11.3 Å². The van der Waals surface area contributed by atoms with E-state index in [1.807, 2.05) is 7.05 Å². The molecular formula is C13H18N4O3. The summed E-state index contributed by atoms with van der Waals surface area (Å²) in [7, 11) is 2.01. The second kappa shape index (κ2) is 6.17. The smallest absolute Gasteiger partial charge is 0.283 e. The molecule has 1 atom stereocenters. The molecule has 2 aromatic heterocycles. The fourth-order valence-electron chi connectivity index (χ4n) is 2.20. The van der Waals surface area contributed by atoms with Crippen molar-refractivity contribution in [1.82, 2.24) is 20.4 Å². The molecule has 3 heterocycles. The van der Waals surface area contributed by atoms with Gasteiger partial charge in [-0.15, -0.1) is 10.2 Å². The zero-order valence-electron chi connectivity index (χ0n) is 11.4. The average Bonchev–Trinajstić information content (AvgIpc) is 3.10. The summed E-state index contributed by atoms with van der Waals surface area (Å²) in [6.45, 7) is 3.99. The molecule has 0 bridgehead atoms. The number of aromatic nitrogens is 2. The molecule has 0 amide bonds. The Hall–Kier alpha value is -1.70. The molecule has 0 aromatic carbocycles. The maximum absolute atomic E-state index is 5.66. The van der Waals surface area contributed by atoms with Crippen molar-refractivity contribution in [2.75, 3.05) is 33.3 Å². The molecule has 20 heavy (non-hydrogen) atoms. The van der Waals surface area contributed by atoms with E-state index in [1.165, 1.54) is 0 Å². The number of morpholine rings is 1. The molecule has 1 fully saturated rings. The van der Waals surface area contributed by atoms with Gasteiger partial charge >= 0.3 is 0 Å². The highest BCUT2D eigenvalue weighted by Crippen LogP contribution is 2.18. The molecule has 7 heteroatoms. The van der Waals surface area contributed by atoms with Crippen molar-refractivity contribution in [3.05, 3.63) is 24.3 Å². The number of rotatable bonds is 5. The summed E-state index contributed by atoms with van der Waals surface area (Å²) in [5, 5.41) is 11.3. The van der Waals surface area contributed by atoms with Crippen LogP contribution in [0.4, 0.5) is 0 Å². The number of hydrogen-bond acceptors (Lipinski definition) is 7. The van der Waals surface area contributed by atoms with Crippen molar-refractivity contribution >= 4 is 0 Å². The number of ether oxygens (including phenoxy) is 1. The molecule has 2 aromatic rings. The van der Waals surface area contributed by atoms with Gasteiger partial charge in [0.25, 0.3) is 5.89 Å². The van der Waals surface area contributed by atoms with Crippen LogP contribution in [-0.4, -0.2) is 54.5 Å². The lowest BCUT2D eigenvalue weighted by Gasteiger charge is -2.27. The zero-order chi connectivity index (χ0) is 13.8. The number of likely N-dealkylation sites (N-methyl/N-ethyl adjacent to an activating group) is 1.